The Balaban J connectivity index is 1.71. The minimum atomic E-state index is -0.508. The van der Waals surface area contributed by atoms with Crippen molar-refractivity contribution in [1.29, 1.82) is 0 Å². The summed E-state index contributed by atoms with van der Waals surface area (Å²) in [5.74, 6) is 1.65. The number of thioether (sulfide) groups is 1. The Morgan fingerprint density at radius 1 is 1.22 bits per heavy atom. The molecule has 1 aliphatic rings. The second kappa shape index (κ2) is 7.28. The molecule has 23 heavy (non-hydrogen) atoms. The van der Waals surface area contributed by atoms with Crippen LogP contribution in [0.25, 0.3) is 0 Å². The number of amides is 1. The van der Waals surface area contributed by atoms with Gasteiger partial charge in [-0.2, -0.15) is 0 Å². The first-order valence-corrected chi connectivity index (χ1v) is 8.97. The average Bonchev–Trinajstić information content (AvgIpc) is 3.05. The molecule has 120 valence electrons. The minimum absolute atomic E-state index is 0.0128. The van der Waals surface area contributed by atoms with Crippen molar-refractivity contribution in [2.45, 2.75) is 18.4 Å². The number of rotatable bonds is 4. The van der Waals surface area contributed by atoms with Gasteiger partial charge in [0.05, 0.1) is 0 Å². The van der Waals surface area contributed by atoms with Crippen LogP contribution in [0.5, 0.6) is 5.75 Å². The van der Waals surface area contributed by atoms with Crippen molar-refractivity contribution in [2.75, 3.05) is 12.3 Å². The fourth-order valence-electron chi connectivity index (χ4n) is 2.59. The van der Waals surface area contributed by atoms with Crippen LogP contribution in [-0.4, -0.2) is 29.2 Å². The molecule has 0 saturated carbocycles. The number of benzene rings is 2. The molecule has 1 saturated heterocycles. The van der Waals surface area contributed by atoms with E-state index in [0.717, 1.165) is 17.9 Å². The zero-order valence-corrected chi connectivity index (χ0v) is 14.4. The van der Waals surface area contributed by atoms with E-state index in [-0.39, 0.29) is 11.3 Å². The topological polar surface area (TPSA) is 29.5 Å². The summed E-state index contributed by atoms with van der Waals surface area (Å²) < 4.78 is 5.77. The van der Waals surface area contributed by atoms with E-state index in [4.69, 9.17) is 16.3 Å². The summed E-state index contributed by atoms with van der Waals surface area (Å²) in [6.07, 6.45) is -0.508. The SMILES string of the molecule is CC(Oc1ccccc1)C(=O)N1CCSC1c1ccc(Cl)cc1. The lowest BCUT2D eigenvalue weighted by atomic mass is 10.2. The van der Waals surface area contributed by atoms with Crippen molar-refractivity contribution in [3.8, 4) is 5.75 Å². The molecular formula is C18H18ClNO2S. The lowest BCUT2D eigenvalue weighted by Crippen LogP contribution is -2.40. The predicted octanol–water partition coefficient (Wildman–Crippen LogP) is 4.38. The molecule has 1 heterocycles. The molecule has 2 atom stereocenters. The van der Waals surface area contributed by atoms with E-state index in [1.165, 1.54) is 0 Å². The lowest BCUT2D eigenvalue weighted by Gasteiger charge is -2.27. The maximum absolute atomic E-state index is 12.8. The van der Waals surface area contributed by atoms with Crippen molar-refractivity contribution >= 4 is 29.3 Å². The van der Waals surface area contributed by atoms with E-state index in [1.807, 2.05) is 59.5 Å². The number of ether oxygens (including phenoxy) is 1. The van der Waals surface area contributed by atoms with E-state index in [9.17, 15) is 4.79 Å². The molecule has 5 heteroatoms. The summed E-state index contributed by atoms with van der Waals surface area (Å²) in [5.41, 5.74) is 1.09. The predicted molar refractivity (Wildman–Crippen MR) is 94.9 cm³/mol. The third-order valence-corrected chi connectivity index (χ3v) is 5.25. The highest BCUT2D eigenvalue weighted by Crippen LogP contribution is 2.38. The van der Waals surface area contributed by atoms with Crippen LogP contribution in [0.2, 0.25) is 5.02 Å². The molecule has 3 nitrogen and oxygen atoms in total. The highest BCUT2D eigenvalue weighted by molar-refractivity contribution is 7.99. The van der Waals surface area contributed by atoms with Crippen LogP contribution in [0.3, 0.4) is 0 Å². The van der Waals surface area contributed by atoms with E-state index in [2.05, 4.69) is 0 Å². The molecule has 0 N–H and O–H groups in total. The first-order valence-electron chi connectivity index (χ1n) is 7.54. The molecular weight excluding hydrogens is 330 g/mol. The van der Waals surface area contributed by atoms with Gasteiger partial charge in [-0.1, -0.05) is 41.9 Å². The summed E-state index contributed by atoms with van der Waals surface area (Å²) in [5, 5.41) is 0.733. The first kappa shape index (κ1) is 16.2. The van der Waals surface area contributed by atoms with Crippen LogP contribution < -0.4 is 4.74 Å². The summed E-state index contributed by atoms with van der Waals surface area (Å²) in [7, 11) is 0. The molecule has 0 radical (unpaired) electrons. The summed E-state index contributed by atoms with van der Waals surface area (Å²) in [6, 6.07) is 17.1. The third-order valence-electron chi connectivity index (χ3n) is 3.73. The van der Waals surface area contributed by atoms with Gasteiger partial charge in [0.15, 0.2) is 6.10 Å². The van der Waals surface area contributed by atoms with Gasteiger partial charge < -0.3 is 9.64 Å². The van der Waals surface area contributed by atoms with E-state index < -0.39 is 6.10 Å². The van der Waals surface area contributed by atoms with E-state index in [1.54, 1.807) is 18.7 Å². The highest BCUT2D eigenvalue weighted by atomic mass is 35.5. The Kier molecular flexibility index (Phi) is 5.13. The van der Waals surface area contributed by atoms with E-state index >= 15 is 0 Å². The van der Waals surface area contributed by atoms with E-state index in [0.29, 0.717) is 10.8 Å². The maximum Gasteiger partial charge on any atom is 0.264 e. The first-order chi connectivity index (χ1) is 11.1. The summed E-state index contributed by atoms with van der Waals surface area (Å²) in [4.78, 5) is 14.7. The van der Waals surface area contributed by atoms with Crippen LogP contribution in [0.1, 0.15) is 17.9 Å². The summed E-state index contributed by atoms with van der Waals surface area (Å²) >= 11 is 7.72. The van der Waals surface area contributed by atoms with Crippen molar-refractivity contribution in [3.05, 3.63) is 65.2 Å². The molecule has 2 aromatic rings. The fraction of sp³-hybridized carbons (Fsp3) is 0.278. The molecule has 1 fully saturated rings. The van der Waals surface area contributed by atoms with Crippen molar-refractivity contribution < 1.29 is 9.53 Å². The molecule has 0 bridgehead atoms. The quantitative estimate of drug-likeness (QED) is 0.822. The number of hydrogen-bond acceptors (Lipinski definition) is 3. The van der Waals surface area contributed by atoms with Gasteiger partial charge in [-0.3, -0.25) is 4.79 Å². The van der Waals surface area contributed by atoms with Crippen molar-refractivity contribution in [2.24, 2.45) is 0 Å². The maximum atomic E-state index is 12.8. The van der Waals surface area contributed by atoms with Gasteiger partial charge in [0.1, 0.15) is 11.1 Å². The van der Waals surface area contributed by atoms with Gasteiger partial charge in [0.2, 0.25) is 0 Å². The van der Waals surface area contributed by atoms with Crippen LogP contribution in [0.4, 0.5) is 0 Å². The monoisotopic (exact) mass is 347 g/mol. The molecule has 0 aliphatic carbocycles. The van der Waals surface area contributed by atoms with Gasteiger partial charge in [-0.25, -0.2) is 0 Å². The molecule has 3 rings (SSSR count). The Morgan fingerprint density at radius 2 is 1.91 bits per heavy atom. The molecule has 1 aliphatic heterocycles. The number of hydrogen-bond donors (Lipinski definition) is 0. The minimum Gasteiger partial charge on any atom is -0.481 e. The number of nitrogens with zero attached hydrogens (tertiary/aromatic N) is 1. The Labute approximate surface area is 145 Å². The van der Waals surface area contributed by atoms with Crippen molar-refractivity contribution in [3.63, 3.8) is 0 Å². The smallest absolute Gasteiger partial charge is 0.264 e. The van der Waals surface area contributed by atoms with Gasteiger partial charge >= 0.3 is 0 Å². The molecule has 1 amide bonds. The van der Waals surface area contributed by atoms with Gasteiger partial charge in [0, 0.05) is 17.3 Å². The molecule has 2 unspecified atom stereocenters. The Hall–Kier alpha value is -1.65. The average molecular weight is 348 g/mol. The van der Waals surface area contributed by atoms with Gasteiger partial charge in [-0.05, 0) is 36.8 Å². The Bertz CT molecular complexity index is 662. The van der Waals surface area contributed by atoms with Crippen LogP contribution in [0, 0.1) is 0 Å². The second-order valence-electron chi connectivity index (χ2n) is 5.38. The number of para-hydroxylation sites is 1. The highest BCUT2D eigenvalue weighted by Gasteiger charge is 2.33. The number of halogens is 1. The van der Waals surface area contributed by atoms with Crippen LogP contribution in [0.15, 0.2) is 54.6 Å². The zero-order chi connectivity index (χ0) is 16.2. The largest absolute Gasteiger partial charge is 0.481 e. The van der Waals surface area contributed by atoms with Gasteiger partial charge in [-0.15, -0.1) is 11.8 Å². The normalized spacial score (nSPS) is 18.7. The Morgan fingerprint density at radius 3 is 2.61 bits per heavy atom. The number of carbonyl (C=O) groups excluding carboxylic acids is 1. The van der Waals surface area contributed by atoms with Crippen LogP contribution in [-0.2, 0) is 4.79 Å². The van der Waals surface area contributed by atoms with Gasteiger partial charge in [0.25, 0.3) is 5.91 Å². The number of carbonyl (C=O) groups is 1. The third kappa shape index (κ3) is 3.82. The summed E-state index contributed by atoms with van der Waals surface area (Å²) in [6.45, 7) is 2.54. The molecule has 0 spiro atoms. The fourth-order valence-corrected chi connectivity index (χ4v) is 3.98. The molecule has 2 aromatic carbocycles. The van der Waals surface area contributed by atoms with Crippen LogP contribution >= 0.6 is 23.4 Å². The zero-order valence-electron chi connectivity index (χ0n) is 12.8. The molecule has 0 aromatic heterocycles. The standard InChI is InChI=1S/C18H18ClNO2S/c1-13(22-16-5-3-2-4-6-16)17(21)20-11-12-23-18(20)14-7-9-15(19)10-8-14/h2-10,13,18H,11-12H2,1H3. The second-order valence-corrected chi connectivity index (χ2v) is 7.00. The van der Waals surface area contributed by atoms with Crippen molar-refractivity contribution in [1.82, 2.24) is 4.90 Å². The lowest BCUT2D eigenvalue weighted by molar-refractivity contribution is -0.138.